The summed E-state index contributed by atoms with van der Waals surface area (Å²) in [7, 11) is 1.69. The van der Waals surface area contributed by atoms with E-state index in [1.54, 1.807) is 25.5 Å². The lowest BCUT2D eigenvalue weighted by molar-refractivity contribution is 0.153. The number of nitrogens with one attached hydrogen (secondary N) is 2. The summed E-state index contributed by atoms with van der Waals surface area (Å²) in [5.41, 5.74) is 1.21. The predicted octanol–water partition coefficient (Wildman–Crippen LogP) is 2.71. The van der Waals surface area contributed by atoms with Crippen molar-refractivity contribution in [3.05, 3.63) is 54.0 Å². The summed E-state index contributed by atoms with van der Waals surface area (Å²) in [6.07, 6.45) is 3.28. The van der Waals surface area contributed by atoms with E-state index in [4.69, 9.17) is 14.1 Å². The van der Waals surface area contributed by atoms with Crippen molar-refractivity contribution in [2.75, 3.05) is 39.8 Å². The molecule has 2 aromatic rings. The zero-order valence-corrected chi connectivity index (χ0v) is 17.3. The lowest BCUT2D eigenvalue weighted by atomic mass is 10.1. The normalized spacial score (nSPS) is 17.1. The topological polar surface area (TPSA) is 82.3 Å². The SMILES string of the molecule is CCNC(=NCC(c1cccc(OC)c1)N1CCCC1)NCC(O)c1ccco1. The summed E-state index contributed by atoms with van der Waals surface area (Å²) < 4.78 is 10.7. The first-order chi connectivity index (χ1) is 14.2. The van der Waals surface area contributed by atoms with Crippen molar-refractivity contribution in [1.82, 2.24) is 15.5 Å². The van der Waals surface area contributed by atoms with Crippen molar-refractivity contribution in [3.63, 3.8) is 0 Å². The molecule has 29 heavy (non-hydrogen) atoms. The van der Waals surface area contributed by atoms with Gasteiger partial charge in [0.15, 0.2) is 5.96 Å². The van der Waals surface area contributed by atoms with Crippen molar-refractivity contribution >= 4 is 5.96 Å². The van der Waals surface area contributed by atoms with Crippen LogP contribution in [0.15, 0.2) is 52.1 Å². The molecule has 1 aromatic heterocycles. The van der Waals surface area contributed by atoms with Gasteiger partial charge in [-0.15, -0.1) is 0 Å². The van der Waals surface area contributed by atoms with E-state index in [0.29, 0.717) is 24.8 Å². The summed E-state index contributed by atoms with van der Waals surface area (Å²) in [5, 5.41) is 16.7. The Morgan fingerprint density at radius 2 is 2.07 bits per heavy atom. The van der Waals surface area contributed by atoms with Crippen LogP contribution in [0.4, 0.5) is 0 Å². The average molecular weight is 401 g/mol. The molecule has 2 heterocycles. The van der Waals surface area contributed by atoms with Crippen LogP contribution in [-0.2, 0) is 0 Å². The molecule has 0 saturated carbocycles. The molecule has 3 rings (SSSR count). The van der Waals surface area contributed by atoms with Crippen LogP contribution >= 0.6 is 0 Å². The molecule has 7 nitrogen and oxygen atoms in total. The molecular formula is C22H32N4O3. The first kappa shape index (κ1) is 21.2. The lowest BCUT2D eigenvalue weighted by Gasteiger charge is -2.27. The largest absolute Gasteiger partial charge is 0.497 e. The van der Waals surface area contributed by atoms with Gasteiger partial charge >= 0.3 is 0 Å². The minimum absolute atomic E-state index is 0.193. The Hall–Kier alpha value is -2.51. The Balaban J connectivity index is 1.70. The number of rotatable bonds is 9. The molecule has 3 N–H and O–H groups in total. The van der Waals surface area contributed by atoms with Crippen LogP contribution in [0.1, 0.15) is 43.2 Å². The van der Waals surface area contributed by atoms with Gasteiger partial charge in [0, 0.05) is 6.54 Å². The highest BCUT2D eigenvalue weighted by molar-refractivity contribution is 5.79. The highest BCUT2D eigenvalue weighted by Gasteiger charge is 2.24. The van der Waals surface area contributed by atoms with Crippen molar-refractivity contribution in [2.45, 2.75) is 31.9 Å². The minimum atomic E-state index is -0.721. The number of aliphatic hydroxyl groups excluding tert-OH is 1. The third kappa shape index (κ3) is 5.98. The van der Waals surface area contributed by atoms with Crippen LogP contribution in [-0.4, -0.2) is 55.8 Å². The highest BCUT2D eigenvalue weighted by Crippen LogP contribution is 2.27. The number of furan rings is 1. The van der Waals surface area contributed by atoms with E-state index in [1.807, 2.05) is 19.1 Å². The molecule has 0 spiro atoms. The third-order valence-corrected chi connectivity index (χ3v) is 5.16. The standard InChI is InChI=1S/C22H32N4O3/c1-3-23-22(25-16-20(27)21-10-7-13-29-21)24-15-19(26-11-4-5-12-26)17-8-6-9-18(14-17)28-2/h6-10,13-14,19-20,27H,3-5,11-12,15-16H2,1-2H3,(H2,23,24,25). The summed E-state index contributed by atoms with van der Waals surface area (Å²) in [6, 6.07) is 12.0. The molecule has 2 unspecified atom stereocenters. The maximum atomic E-state index is 10.3. The summed E-state index contributed by atoms with van der Waals surface area (Å²) in [5.74, 6) is 2.09. The Labute approximate surface area is 172 Å². The molecule has 0 aliphatic carbocycles. The van der Waals surface area contributed by atoms with E-state index < -0.39 is 6.10 Å². The van der Waals surface area contributed by atoms with E-state index >= 15 is 0 Å². The summed E-state index contributed by atoms with van der Waals surface area (Å²) in [4.78, 5) is 7.30. The number of methoxy groups -OCH3 is 1. The fraction of sp³-hybridized carbons (Fsp3) is 0.500. The molecule has 1 aliphatic heterocycles. The van der Waals surface area contributed by atoms with Gasteiger partial charge in [0.1, 0.15) is 17.6 Å². The maximum Gasteiger partial charge on any atom is 0.191 e. The van der Waals surface area contributed by atoms with Crippen LogP contribution in [0.5, 0.6) is 5.75 Å². The fourth-order valence-electron chi connectivity index (χ4n) is 3.63. The van der Waals surface area contributed by atoms with Crippen LogP contribution in [0.25, 0.3) is 0 Å². The van der Waals surface area contributed by atoms with E-state index in [-0.39, 0.29) is 6.04 Å². The Kier molecular flexibility index (Phi) is 7.95. The number of hydrogen-bond acceptors (Lipinski definition) is 5. The second kappa shape index (κ2) is 10.9. The van der Waals surface area contributed by atoms with Gasteiger partial charge in [-0.25, -0.2) is 0 Å². The number of likely N-dealkylation sites (tertiary alicyclic amines) is 1. The van der Waals surface area contributed by atoms with Crippen molar-refractivity contribution < 1.29 is 14.3 Å². The molecule has 1 aromatic carbocycles. The minimum Gasteiger partial charge on any atom is -0.497 e. The van der Waals surface area contributed by atoms with Gasteiger partial charge < -0.3 is 24.9 Å². The van der Waals surface area contributed by atoms with Gasteiger partial charge in [0.25, 0.3) is 0 Å². The number of ether oxygens (including phenoxy) is 1. The quantitative estimate of drug-likeness (QED) is 0.444. The van der Waals surface area contributed by atoms with Crippen molar-refractivity contribution in [2.24, 2.45) is 4.99 Å². The summed E-state index contributed by atoms with van der Waals surface area (Å²) >= 11 is 0. The van der Waals surface area contributed by atoms with Crippen LogP contribution in [0.3, 0.4) is 0 Å². The predicted molar refractivity (Wildman–Crippen MR) is 114 cm³/mol. The highest BCUT2D eigenvalue weighted by atomic mass is 16.5. The van der Waals surface area contributed by atoms with Gasteiger partial charge in [-0.2, -0.15) is 0 Å². The Morgan fingerprint density at radius 1 is 1.24 bits per heavy atom. The smallest absolute Gasteiger partial charge is 0.191 e. The lowest BCUT2D eigenvalue weighted by Crippen LogP contribution is -2.40. The Bertz CT molecular complexity index is 757. The van der Waals surface area contributed by atoms with E-state index in [9.17, 15) is 5.11 Å². The van der Waals surface area contributed by atoms with E-state index in [0.717, 1.165) is 25.4 Å². The Morgan fingerprint density at radius 3 is 2.76 bits per heavy atom. The number of aliphatic imine (C=N–C) groups is 1. The van der Waals surface area contributed by atoms with E-state index in [2.05, 4.69) is 27.7 Å². The van der Waals surface area contributed by atoms with Gasteiger partial charge in [0.05, 0.1) is 32.5 Å². The average Bonchev–Trinajstić information content (AvgIpc) is 3.46. The third-order valence-electron chi connectivity index (χ3n) is 5.16. The van der Waals surface area contributed by atoms with Gasteiger partial charge in [-0.05, 0) is 62.7 Å². The molecule has 1 aliphatic rings. The zero-order chi connectivity index (χ0) is 20.5. The second-order valence-electron chi connectivity index (χ2n) is 7.17. The number of hydrogen-bond donors (Lipinski definition) is 3. The molecule has 0 amide bonds. The molecule has 158 valence electrons. The van der Waals surface area contributed by atoms with Crippen LogP contribution in [0.2, 0.25) is 0 Å². The maximum absolute atomic E-state index is 10.3. The van der Waals surface area contributed by atoms with Crippen molar-refractivity contribution in [1.29, 1.82) is 0 Å². The van der Waals surface area contributed by atoms with Crippen molar-refractivity contribution in [3.8, 4) is 5.75 Å². The number of benzene rings is 1. The van der Waals surface area contributed by atoms with Crippen LogP contribution < -0.4 is 15.4 Å². The molecule has 0 bridgehead atoms. The first-order valence-electron chi connectivity index (χ1n) is 10.3. The first-order valence-corrected chi connectivity index (χ1v) is 10.3. The number of nitrogens with zero attached hydrogens (tertiary/aromatic N) is 2. The monoisotopic (exact) mass is 400 g/mol. The molecule has 1 fully saturated rings. The van der Waals surface area contributed by atoms with Gasteiger partial charge in [-0.1, -0.05) is 12.1 Å². The number of guanidine groups is 1. The molecule has 1 saturated heterocycles. The molecule has 2 atom stereocenters. The summed E-state index contributed by atoms with van der Waals surface area (Å²) in [6.45, 7) is 5.89. The number of aliphatic hydroxyl groups is 1. The molecular weight excluding hydrogens is 368 g/mol. The zero-order valence-electron chi connectivity index (χ0n) is 17.3. The van der Waals surface area contributed by atoms with Gasteiger partial charge in [0.2, 0.25) is 0 Å². The molecule has 0 radical (unpaired) electrons. The molecule has 7 heteroatoms. The van der Waals surface area contributed by atoms with E-state index in [1.165, 1.54) is 18.4 Å². The second-order valence-corrected chi connectivity index (χ2v) is 7.17. The fourth-order valence-corrected chi connectivity index (χ4v) is 3.63. The van der Waals surface area contributed by atoms with Gasteiger partial charge in [-0.3, -0.25) is 9.89 Å². The van der Waals surface area contributed by atoms with Crippen LogP contribution in [0, 0.1) is 0 Å².